The van der Waals surface area contributed by atoms with Gasteiger partial charge in [-0.3, -0.25) is 4.90 Å². The molecule has 1 atom stereocenters. The molecule has 0 bridgehead atoms. The van der Waals surface area contributed by atoms with Crippen LogP contribution in [0.2, 0.25) is 0 Å². The normalized spacial score (nSPS) is 12.6. The van der Waals surface area contributed by atoms with Crippen molar-refractivity contribution in [1.29, 1.82) is 0 Å². The summed E-state index contributed by atoms with van der Waals surface area (Å²) in [6.07, 6.45) is -0.500. The third-order valence-electron chi connectivity index (χ3n) is 2.97. The van der Waals surface area contributed by atoms with Gasteiger partial charge in [-0.25, -0.2) is 0 Å². The van der Waals surface area contributed by atoms with E-state index in [2.05, 4.69) is 16.3 Å². The van der Waals surface area contributed by atoms with Crippen LogP contribution in [0.3, 0.4) is 0 Å². The fourth-order valence-electron chi connectivity index (χ4n) is 1.98. The number of nitrogens with zero attached hydrogens (tertiary/aromatic N) is 1. The molecule has 2 aromatic rings. The molecule has 1 N–H and O–H groups in total. The molecule has 0 amide bonds. The average Bonchev–Trinajstić information content (AvgIpc) is 2.91. The highest BCUT2D eigenvalue weighted by atomic mass is 32.1. The number of ether oxygens (including phenoxy) is 1. The fourth-order valence-corrected chi connectivity index (χ4v) is 2.77. The van der Waals surface area contributed by atoms with Crippen molar-refractivity contribution in [2.75, 3.05) is 20.7 Å². The summed E-state index contributed by atoms with van der Waals surface area (Å²) in [7, 11) is 3.65. The Kier molecular flexibility index (Phi) is 4.96. The number of aliphatic hydroxyl groups is 1. The zero-order valence-corrected chi connectivity index (χ0v) is 12.1. The van der Waals surface area contributed by atoms with Gasteiger partial charge in [0.25, 0.3) is 0 Å². The lowest BCUT2D eigenvalue weighted by atomic mass is 10.1. The molecule has 0 aliphatic carbocycles. The van der Waals surface area contributed by atoms with E-state index in [9.17, 15) is 5.11 Å². The molecule has 1 unspecified atom stereocenters. The van der Waals surface area contributed by atoms with Crippen LogP contribution in [-0.2, 0) is 6.54 Å². The Balaban J connectivity index is 1.94. The van der Waals surface area contributed by atoms with E-state index in [4.69, 9.17) is 4.74 Å². The summed E-state index contributed by atoms with van der Waals surface area (Å²) in [5.41, 5.74) is 0.886. The molecular formula is C15H19NO2S. The van der Waals surface area contributed by atoms with Crippen molar-refractivity contribution in [1.82, 2.24) is 4.90 Å². The lowest BCUT2D eigenvalue weighted by Gasteiger charge is -2.20. The summed E-state index contributed by atoms with van der Waals surface area (Å²) in [5, 5.41) is 12.3. The Labute approximate surface area is 118 Å². The van der Waals surface area contributed by atoms with E-state index in [-0.39, 0.29) is 0 Å². The number of rotatable bonds is 6. The Morgan fingerprint density at radius 3 is 2.84 bits per heavy atom. The van der Waals surface area contributed by atoms with Crippen LogP contribution in [0, 0.1) is 0 Å². The predicted octanol–water partition coefficient (Wildman–Crippen LogP) is 2.92. The minimum atomic E-state index is -0.500. The molecule has 0 aliphatic rings. The molecule has 1 aromatic carbocycles. The second-order valence-corrected chi connectivity index (χ2v) is 5.60. The van der Waals surface area contributed by atoms with Crippen molar-refractivity contribution in [2.45, 2.75) is 12.6 Å². The molecule has 3 nitrogen and oxygen atoms in total. The Bertz CT molecular complexity index is 499. The summed E-state index contributed by atoms with van der Waals surface area (Å²) < 4.78 is 5.17. The standard InChI is InChI=1S/C15H19NO2S/c1-16(10-14-7-4-8-19-14)11-15(17)12-5-3-6-13(9-12)18-2/h3-9,15,17H,10-11H2,1-2H3. The van der Waals surface area contributed by atoms with Crippen molar-refractivity contribution in [2.24, 2.45) is 0 Å². The van der Waals surface area contributed by atoms with Gasteiger partial charge in [0.2, 0.25) is 0 Å². The number of likely N-dealkylation sites (N-methyl/N-ethyl adjacent to an activating group) is 1. The number of methoxy groups -OCH3 is 1. The topological polar surface area (TPSA) is 32.7 Å². The van der Waals surface area contributed by atoms with Gasteiger partial charge >= 0.3 is 0 Å². The molecule has 102 valence electrons. The van der Waals surface area contributed by atoms with E-state index < -0.39 is 6.10 Å². The van der Waals surface area contributed by atoms with Crippen LogP contribution in [0.15, 0.2) is 41.8 Å². The summed E-state index contributed by atoms with van der Waals surface area (Å²) in [6.45, 7) is 1.46. The molecule has 1 aromatic heterocycles. The maximum Gasteiger partial charge on any atom is 0.119 e. The van der Waals surface area contributed by atoms with Crippen LogP contribution < -0.4 is 4.74 Å². The quantitative estimate of drug-likeness (QED) is 0.881. The largest absolute Gasteiger partial charge is 0.497 e. The lowest BCUT2D eigenvalue weighted by Crippen LogP contribution is -2.23. The molecule has 0 radical (unpaired) electrons. The molecule has 4 heteroatoms. The summed E-state index contributed by atoms with van der Waals surface area (Å²) in [4.78, 5) is 3.43. The van der Waals surface area contributed by atoms with E-state index in [1.807, 2.05) is 37.4 Å². The minimum Gasteiger partial charge on any atom is -0.497 e. The summed E-state index contributed by atoms with van der Waals surface area (Å²) in [5.74, 6) is 0.775. The SMILES string of the molecule is COc1cccc(C(O)CN(C)Cc2cccs2)c1. The van der Waals surface area contributed by atoms with Crippen molar-refractivity contribution in [3.05, 3.63) is 52.2 Å². The first-order chi connectivity index (χ1) is 9.19. The number of benzene rings is 1. The first-order valence-electron chi connectivity index (χ1n) is 6.22. The molecular weight excluding hydrogens is 258 g/mol. The highest BCUT2D eigenvalue weighted by molar-refractivity contribution is 7.09. The van der Waals surface area contributed by atoms with Crippen LogP contribution in [-0.4, -0.2) is 30.7 Å². The number of aliphatic hydroxyl groups excluding tert-OH is 1. The highest BCUT2D eigenvalue weighted by Gasteiger charge is 2.12. The minimum absolute atomic E-state index is 0.500. The average molecular weight is 277 g/mol. The molecule has 0 saturated carbocycles. The summed E-state index contributed by atoms with van der Waals surface area (Å²) in [6, 6.07) is 11.7. The van der Waals surface area contributed by atoms with Gasteiger partial charge in [0, 0.05) is 18.0 Å². The van der Waals surface area contributed by atoms with E-state index >= 15 is 0 Å². The van der Waals surface area contributed by atoms with Crippen LogP contribution in [0.5, 0.6) is 5.75 Å². The van der Waals surface area contributed by atoms with E-state index in [1.165, 1.54) is 4.88 Å². The molecule has 19 heavy (non-hydrogen) atoms. The number of hydrogen-bond acceptors (Lipinski definition) is 4. The molecule has 2 rings (SSSR count). The molecule has 0 fully saturated rings. The first-order valence-corrected chi connectivity index (χ1v) is 7.10. The van der Waals surface area contributed by atoms with Gasteiger partial charge in [-0.05, 0) is 36.2 Å². The number of thiophene rings is 1. The van der Waals surface area contributed by atoms with Crippen molar-refractivity contribution < 1.29 is 9.84 Å². The second-order valence-electron chi connectivity index (χ2n) is 4.57. The molecule has 0 saturated heterocycles. The first kappa shape index (κ1) is 14.1. The van der Waals surface area contributed by atoms with Gasteiger partial charge in [-0.2, -0.15) is 0 Å². The van der Waals surface area contributed by atoms with Gasteiger partial charge in [-0.1, -0.05) is 18.2 Å². The van der Waals surface area contributed by atoms with E-state index in [1.54, 1.807) is 18.4 Å². The van der Waals surface area contributed by atoms with Gasteiger partial charge in [0.1, 0.15) is 5.75 Å². The number of hydrogen-bond donors (Lipinski definition) is 1. The lowest BCUT2D eigenvalue weighted by molar-refractivity contribution is 0.124. The summed E-state index contributed by atoms with van der Waals surface area (Å²) >= 11 is 1.74. The highest BCUT2D eigenvalue weighted by Crippen LogP contribution is 2.20. The second kappa shape index (κ2) is 6.70. The molecule has 1 heterocycles. The van der Waals surface area contributed by atoms with Crippen LogP contribution in [0.4, 0.5) is 0 Å². The zero-order valence-electron chi connectivity index (χ0n) is 11.2. The van der Waals surface area contributed by atoms with Gasteiger partial charge in [0.05, 0.1) is 13.2 Å². The van der Waals surface area contributed by atoms with Crippen LogP contribution in [0.1, 0.15) is 16.5 Å². The van der Waals surface area contributed by atoms with Crippen LogP contribution >= 0.6 is 11.3 Å². The van der Waals surface area contributed by atoms with E-state index in [0.29, 0.717) is 6.54 Å². The van der Waals surface area contributed by atoms with Crippen molar-refractivity contribution in [3.8, 4) is 5.75 Å². The fraction of sp³-hybridized carbons (Fsp3) is 0.333. The maximum atomic E-state index is 10.2. The van der Waals surface area contributed by atoms with Crippen molar-refractivity contribution >= 4 is 11.3 Å². The van der Waals surface area contributed by atoms with Gasteiger partial charge < -0.3 is 9.84 Å². The Morgan fingerprint density at radius 1 is 1.32 bits per heavy atom. The Morgan fingerprint density at radius 2 is 2.16 bits per heavy atom. The van der Waals surface area contributed by atoms with Gasteiger partial charge in [0.15, 0.2) is 0 Å². The van der Waals surface area contributed by atoms with Crippen LogP contribution in [0.25, 0.3) is 0 Å². The molecule has 0 spiro atoms. The third-order valence-corrected chi connectivity index (χ3v) is 3.83. The predicted molar refractivity (Wildman–Crippen MR) is 78.6 cm³/mol. The van der Waals surface area contributed by atoms with Crippen molar-refractivity contribution in [3.63, 3.8) is 0 Å². The maximum absolute atomic E-state index is 10.2. The molecule has 0 aliphatic heterocycles. The smallest absolute Gasteiger partial charge is 0.119 e. The zero-order chi connectivity index (χ0) is 13.7. The van der Waals surface area contributed by atoms with Gasteiger partial charge in [-0.15, -0.1) is 11.3 Å². The van der Waals surface area contributed by atoms with E-state index in [0.717, 1.165) is 17.9 Å². The monoisotopic (exact) mass is 277 g/mol. The Hall–Kier alpha value is -1.36. The third kappa shape index (κ3) is 4.06.